The summed E-state index contributed by atoms with van der Waals surface area (Å²) in [5, 5.41) is 1.19. The SMILES string of the molecule is Cc1cc(Br)cc(C(NN)c2c[nH]c3ccccc23)c1. The number of aromatic amines is 1. The van der Waals surface area contributed by atoms with E-state index in [-0.39, 0.29) is 6.04 Å². The van der Waals surface area contributed by atoms with Crippen molar-refractivity contribution in [2.24, 2.45) is 5.84 Å². The highest BCUT2D eigenvalue weighted by Crippen LogP contribution is 2.30. The zero-order valence-electron chi connectivity index (χ0n) is 11.2. The summed E-state index contributed by atoms with van der Waals surface area (Å²) < 4.78 is 1.06. The molecule has 1 atom stereocenters. The molecule has 0 amide bonds. The number of rotatable bonds is 3. The molecule has 102 valence electrons. The molecule has 1 aromatic heterocycles. The Bertz CT molecular complexity index is 728. The maximum Gasteiger partial charge on any atom is 0.0731 e. The Hall–Kier alpha value is -1.62. The summed E-state index contributed by atoms with van der Waals surface area (Å²) in [6.07, 6.45) is 2.02. The Morgan fingerprint density at radius 1 is 1.20 bits per heavy atom. The van der Waals surface area contributed by atoms with Crippen LogP contribution in [-0.4, -0.2) is 4.98 Å². The van der Waals surface area contributed by atoms with Gasteiger partial charge in [0.25, 0.3) is 0 Å². The number of aromatic nitrogens is 1. The summed E-state index contributed by atoms with van der Waals surface area (Å²) in [6, 6.07) is 14.5. The highest BCUT2D eigenvalue weighted by molar-refractivity contribution is 9.10. The topological polar surface area (TPSA) is 53.8 Å². The highest BCUT2D eigenvalue weighted by Gasteiger charge is 2.17. The molecular formula is C16H16BrN3. The smallest absolute Gasteiger partial charge is 0.0731 e. The second-order valence-corrected chi connectivity index (χ2v) is 5.87. The third-order valence-electron chi connectivity index (χ3n) is 3.50. The number of aryl methyl sites for hydroxylation is 1. The second-order valence-electron chi connectivity index (χ2n) is 4.95. The Morgan fingerprint density at radius 2 is 2.00 bits per heavy atom. The van der Waals surface area contributed by atoms with Crippen LogP contribution < -0.4 is 11.3 Å². The number of benzene rings is 2. The first-order valence-corrected chi connectivity index (χ1v) is 7.27. The van der Waals surface area contributed by atoms with Crippen molar-refractivity contribution in [3.05, 3.63) is 69.8 Å². The Labute approximate surface area is 126 Å². The molecule has 0 aliphatic carbocycles. The number of halogens is 1. The van der Waals surface area contributed by atoms with Crippen LogP contribution in [0, 0.1) is 6.92 Å². The monoisotopic (exact) mass is 329 g/mol. The molecule has 0 saturated carbocycles. The number of hydrogen-bond donors (Lipinski definition) is 3. The molecule has 0 bridgehead atoms. The molecule has 0 radical (unpaired) electrons. The van der Waals surface area contributed by atoms with E-state index < -0.39 is 0 Å². The van der Waals surface area contributed by atoms with Crippen molar-refractivity contribution in [2.45, 2.75) is 13.0 Å². The molecule has 4 heteroatoms. The first-order valence-electron chi connectivity index (χ1n) is 6.48. The van der Waals surface area contributed by atoms with Gasteiger partial charge in [-0.3, -0.25) is 5.84 Å². The first-order chi connectivity index (χ1) is 9.69. The van der Waals surface area contributed by atoms with Crippen LogP contribution in [0.5, 0.6) is 0 Å². The largest absolute Gasteiger partial charge is 0.361 e. The van der Waals surface area contributed by atoms with Gasteiger partial charge >= 0.3 is 0 Å². The molecule has 0 aliphatic rings. The molecular weight excluding hydrogens is 314 g/mol. The van der Waals surface area contributed by atoms with Crippen molar-refractivity contribution in [3.8, 4) is 0 Å². The maximum absolute atomic E-state index is 5.81. The highest BCUT2D eigenvalue weighted by atomic mass is 79.9. The van der Waals surface area contributed by atoms with E-state index in [1.165, 1.54) is 10.9 Å². The van der Waals surface area contributed by atoms with Gasteiger partial charge in [-0.05, 0) is 36.2 Å². The zero-order valence-corrected chi connectivity index (χ0v) is 12.7. The van der Waals surface area contributed by atoms with Crippen LogP contribution in [-0.2, 0) is 0 Å². The lowest BCUT2D eigenvalue weighted by molar-refractivity contribution is 0.640. The molecule has 1 unspecified atom stereocenters. The standard InChI is InChI=1S/C16H16BrN3/c1-10-6-11(8-12(17)7-10)16(20-18)14-9-19-15-5-3-2-4-13(14)15/h2-9,16,19-20H,18H2,1H3. The summed E-state index contributed by atoms with van der Waals surface area (Å²) >= 11 is 3.55. The lowest BCUT2D eigenvalue weighted by Crippen LogP contribution is -2.28. The van der Waals surface area contributed by atoms with Crippen molar-refractivity contribution in [1.82, 2.24) is 10.4 Å². The van der Waals surface area contributed by atoms with Crippen LogP contribution >= 0.6 is 15.9 Å². The van der Waals surface area contributed by atoms with E-state index in [0.717, 1.165) is 21.1 Å². The van der Waals surface area contributed by atoms with Crippen molar-refractivity contribution in [2.75, 3.05) is 0 Å². The number of nitrogens with one attached hydrogen (secondary N) is 2. The molecule has 3 aromatic rings. The molecule has 3 rings (SSSR count). The second kappa shape index (κ2) is 5.40. The maximum atomic E-state index is 5.81. The summed E-state index contributed by atoms with van der Waals surface area (Å²) in [5.74, 6) is 5.81. The van der Waals surface area contributed by atoms with E-state index in [4.69, 9.17) is 5.84 Å². The molecule has 4 N–H and O–H groups in total. The molecule has 3 nitrogen and oxygen atoms in total. The van der Waals surface area contributed by atoms with Gasteiger partial charge in [-0.25, -0.2) is 5.43 Å². The molecule has 1 heterocycles. The first kappa shape index (κ1) is 13.4. The van der Waals surface area contributed by atoms with Gasteiger partial charge in [-0.2, -0.15) is 0 Å². The Kier molecular flexibility index (Phi) is 3.61. The normalized spacial score (nSPS) is 12.8. The lowest BCUT2D eigenvalue weighted by Gasteiger charge is -2.17. The fraction of sp³-hybridized carbons (Fsp3) is 0.125. The van der Waals surface area contributed by atoms with Crippen molar-refractivity contribution >= 4 is 26.8 Å². The number of para-hydroxylation sites is 1. The third kappa shape index (κ3) is 2.38. The van der Waals surface area contributed by atoms with Gasteiger partial charge < -0.3 is 4.98 Å². The fourth-order valence-electron chi connectivity index (χ4n) is 2.63. The zero-order chi connectivity index (χ0) is 14.1. The fourth-order valence-corrected chi connectivity index (χ4v) is 3.26. The van der Waals surface area contributed by atoms with E-state index in [9.17, 15) is 0 Å². The predicted octanol–water partition coefficient (Wildman–Crippen LogP) is 3.79. The van der Waals surface area contributed by atoms with Crippen LogP contribution in [0.25, 0.3) is 10.9 Å². The van der Waals surface area contributed by atoms with Crippen molar-refractivity contribution in [3.63, 3.8) is 0 Å². The molecule has 0 aliphatic heterocycles. The van der Waals surface area contributed by atoms with Crippen molar-refractivity contribution in [1.29, 1.82) is 0 Å². The van der Waals surface area contributed by atoms with Gasteiger partial charge in [0.1, 0.15) is 0 Å². The van der Waals surface area contributed by atoms with Crippen LogP contribution in [0.4, 0.5) is 0 Å². The molecule has 0 spiro atoms. The van der Waals surface area contributed by atoms with Gasteiger partial charge in [0, 0.05) is 27.1 Å². The third-order valence-corrected chi connectivity index (χ3v) is 3.95. The van der Waals surface area contributed by atoms with Gasteiger partial charge in [0.2, 0.25) is 0 Å². The van der Waals surface area contributed by atoms with Crippen LogP contribution in [0.2, 0.25) is 0 Å². The molecule has 0 saturated heterocycles. The number of hydrogen-bond acceptors (Lipinski definition) is 2. The minimum atomic E-state index is -0.0395. The van der Waals surface area contributed by atoms with Gasteiger partial charge in [0.15, 0.2) is 0 Å². The Morgan fingerprint density at radius 3 is 2.75 bits per heavy atom. The minimum absolute atomic E-state index is 0.0395. The van der Waals surface area contributed by atoms with E-state index in [0.29, 0.717) is 0 Å². The van der Waals surface area contributed by atoms with Gasteiger partial charge in [-0.15, -0.1) is 0 Å². The lowest BCUT2D eigenvalue weighted by atomic mass is 9.97. The minimum Gasteiger partial charge on any atom is -0.361 e. The van der Waals surface area contributed by atoms with E-state index in [1.807, 2.05) is 18.3 Å². The predicted molar refractivity (Wildman–Crippen MR) is 86.3 cm³/mol. The molecule has 0 fully saturated rings. The van der Waals surface area contributed by atoms with E-state index >= 15 is 0 Å². The average molecular weight is 330 g/mol. The van der Waals surface area contributed by atoms with Crippen LogP contribution in [0.1, 0.15) is 22.7 Å². The molecule has 2 aromatic carbocycles. The van der Waals surface area contributed by atoms with Crippen LogP contribution in [0.3, 0.4) is 0 Å². The number of H-pyrrole nitrogens is 1. The Balaban J connectivity index is 2.14. The molecule has 20 heavy (non-hydrogen) atoms. The van der Waals surface area contributed by atoms with Gasteiger partial charge in [-0.1, -0.05) is 40.2 Å². The summed E-state index contributed by atoms with van der Waals surface area (Å²) in [6.45, 7) is 2.08. The van der Waals surface area contributed by atoms with Gasteiger partial charge in [0.05, 0.1) is 6.04 Å². The number of hydrazine groups is 1. The van der Waals surface area contributed by atoms with E-state index in [2.05, 4.69) is 63.6 Å². The number of nitrogens with two attached hydrogens (primary N) is 1. The number of fused-ring (bicyclic) bond motifs is 1. The average Bonchev–Trinajstić information content (AvgIpc) is 2.83. The summed E-state index contributed by atoms with van der Waals surface area (Å²) in [7, 11) is 0. The summed E-state index contributed by atoms with van der Waals surface area (Å²) in [4.78, 5) is 3.29. The van der Waals surface area contributed by atoms with E-state index in [1.54, 1.807) is 0 Å². The van der Waals surface area contributed by atoms with Crippen LogP contribution in [0.15, 0.2) is 53.1 Å². The summed E-state index contributed by atoms with van der Waals surface area (Å²) in [5.41, 5.74) is 7.55. The quantitative estimate of drug-likeness (QED) is 0.505. The van der Waals surface area contributed by atoms with Crippen molar-refractivity contribution < 1.29 is 0 Å².